The van der Waals surface area contributed by atoms with E-state index in [1.807, 2.05) is 23.6 Å². The van der Waals surface area contributed by atoms with Gasteiger partial charge in [-0.05, 0) is 42.1 Å². The van der Waals surface area contributed by atoms with Crippen molar-refractivity contribution in [2.45, 2.75) is 26.8 Å². The summed E-state index contributed by atoms with van der Waals surface area (Å²) < 4.78 is 12.4. The van der Waals surface area contributed by atoms with Gasteiger partial charge in [-0.15, -0.1) is 11.3 Å². The van der Waals surface area contributed by atoms with Crippen LogP contribution in [0.2, 0.25) is 0 Å². The average Bonchev–Trinajstić information content (AvgIpc) is 3.45. The molecule has 3 aromatic rings. The predicted molar refractivity (Wildman–Crippen MR) is 140 cm³/mol. The van der Waals surface area contributed by atoms with Crippen LogP contribution < -0.4 is 19.6 Å². The zero-order chi connectivity index (χ0) is 27.1. The molecule has 1 aliphatic heterocycles. The summed E-state index contributed by atoms with van der Waals surface area (Å²) in [6.07, 6.45) is 3.21. The molecule has 0 bridgehead atoms. The molecule has 0 aliphatic carbocycles. The number of carbonyl (C=O) groups excluding carboxylic acids is 2. The van der Waals surface area contributed by atoms with Crippen LogP contribution in [0.15, 0.2) is 75.5 Å². The maximum atomic E-state index is 13.5. The lowest BCUT2D eigenvalue weighted by Crippen LogP contribution is -2.39. The van der Waals surface area contributed by atoms with Crippen LogP contribution >= 0.6 is 22.7 Å². The van der Waals surface area contributed by atoms with Crippen LogP contribution in [0.3, 0.4) is 0 Å². The van der Waals surface area contributed by atoms with Gasteiger partial charge in [0.25, 0.3) is 11.5 Å². The van der Waals surface area contributed by atoms with Crippen molar-refractivity contribution in [2.24, 2.45) is 4.99 Å². The minimum Gasteiger partial charge on any atom is -0.481 e. The molecule has 9 nitrogen and oxygen atoms in total. The maximum absolute atomic E-state index is 13.5. The monoisotopic (exact) mass is 540 g/mol. The van der Waals surface area contributed by atoms with Gasteiger partial charge in [-0.2, -0.15) is 0 Å². The Bertz CT molecular complexity index is 1540. The first-order chi connectivity index (χ1) is 17.6. The highest BCUT2D eigenvalue weighted by Gasteiger charge is 2.33. The largest absolute Gasteiger partial charge is 0.481 e. The molecule has 0 saturated carbocycles. The van der Waals surface area contributed by atoms with Crippen molar-refractivity contribution in [3.8, 4) is 5.75 Å². The Labute approximate surface area is 219 Å². The third-order valence-electron chi connectivity index (χ3n) is 4.80. The number of ether oxygens (including phenoxy) is 2. The van der Waals surface area contributed by atoms with Crippen molar-refractivity contribution in [3.05, 3.63) is 95.8 Å². The standard InChI is InChI=1S/C24H20N2O5S2.C2H4O2/c1-4-10-30-23(29)20-14(2)25-24-26(21(20)18-9-6-11-32-18)22(28)19(33-24)13-16-7-5-8-17(12-16)31-15(3)27;1-2(3)4/h4-9,11-13,21H,1,10H2,2-3H3;1H3,(H,3,4)/b19-13+;. The molecule has 37 heavy (non-hydrogen) atoms. The molecule has 4 rings (SSSR count). The van der Waals surface area contributed by atoms with E-state index < -0.39 is 23.9 Å². The number of thiophene rings is 1. The lowest BCUT2D eigenvalue weighted by Gasteiger charge is -2.23. The number of thiazole rings is 1. The van der Waals surface area contributed by atoms with Gasteiger partial charge in [-0.1, -0.05) is 42.2 Å². The van der Waals surface area contributed by atoms with E-state index in [0.717, 1.165) is 11.8 Å². The SMILES string of the molecule is C=CCOC(=O)C1=C(C)N=c2s/c(=C/c3cccc(OC(C)=O)c3)c(=O)n2C1c1cccs1.CC(=O)O. The quantitative estimate of drug-likeness (QED) is 0.290. The van der Waals surface area contributed by atoms with E-state index in [1.165, 1.54) is 40.2 Å². The van der Waals surface area contributed by atoms with Crippen LogP contribution in [0.1, 0.15) is 37.3 Å². The van der Waals surface area contributed by atoms with Gasteiger partial charge in [-0.25, -0.2) is 9.79 Å². The highest BCUT2D eigenvalue weighted by Crippen LogP contribution is 2.33. The second-order valence-electron chi connectivity index (χ2n) is 7.67. The van der Waals surface area contributed by atoms with Crippen molar-refractivity contribution in [2.75, 3.05) is 6.61 Å². The highest BCUT2D eigenvalue weighted by molar-refractivity contribution is 7.10. The molecule has 0 spiro atoms. The van der Waals surface area contributed by atoms with Gasteiger partial charge in [-0.3, -0.25) is 19.0 Å². The van der Waals surface area contributed by atoms with Gasteiger partial charge in [0.1, 0.15) is 18.4 Å². The topological polar surface area (TPSA) is 124 Å². The van der Waals surface area contributed by atoms with Gasteiger partial charge < -0.3 is 14.6 Å². The van der Waals surface area contributed by atoms with Crippen LogP contribution in [0.5, 0.6) is 5.75 Å². The van der Waals surface area contributed by atoms with E-state index in [2.05, 4.69) is 11.6 Å². The highest BCUT2D eigenvalue weighted by atomic mass is 32.1. The van der Waals surface area contributed by atoms with Gasteiger partial charge >= 0.3 is 11.9 Å². The predicted octanol–water partition coefficient (Wildman–Crippen LogP) is 3.04. The summed E-state index contributed by atoms with van der Waals surface area (Å²) in [6.45, 7) is 7.80. The van der Waals surface area contributed by atoms with E-state index in [1.54, 1.807) is 31.2 Å². The number of nitrogens with zero attached hydrogens (tertiary/aromatic N) is 2. The lowest BCUT2D eigenvalue weighted by atomic mass is 10.0. The van der Waals surface area contributed by atoms with Crippen molar-refractivity contribution < 1.29 is 29.0 Å². The molecule has 1 aliphatic rings. The number of hydrogen-bond acceptors (Lipinski definition) is 9. The molecule has 0 amide bonds. The number of carbonyl (C=O) groups is 3. The Kier molecular flexibility index (Phi) is 9.10. The summed E-state index contributed by atoms with van der Waals surface area (Å²) >= 11 is 2.69. The van der Waals surface area contributed by atoms with E-state index in [9.17, 15) is 14.4 Å². The van der Waals surface area contributed by atoms with E-state index in [4.69, 9.17) is 19.4 Å². The molecular weight excluding hydrogens is 516 g/mol. The van der Waals surface area contributed by atoms with Crippen LogP contribution in [0, 0.1) is 0 Å². The number of aromatic nitrogens is 1. The average molecular weight is 541 g/mol. The number of benzene rings is 1. The van der Waals surface area contributed by atoms with E-state index in [-0.39, 0.29) is 12.2 Å². The molecule has 1 aromatic carbocycles. The fourth-order valence-corrected chi connectivity index (χ4v) is 5.37. The zero-order valence-electron chi connectivity index (χ0n) is 20.3. The van der Waals surface area contributed by atoms with Gasteiger partial charge in [0.05, 0.1) is 15.8 Å². The summed E-state index contributed by atoms with van der Waals surface area (Å²) in [5, 5.41) is 9.31. The van der Waals surface area contributed by atoms with Crippen LogP contribution in [-0.4, -0.2) is 34.2 Å². The fourth-order valence-electron chi connectivity index (χ4n) is 3.50. The molecular formula is C26H24N2O7S2. The Morgan fingerprint density at radius 3 is 2.57 bits per heavy atom. The molecule has 1 atom stereocenters. The summed E-state index contributed by atoms with van der Waals surface area (Å²) in [5.41, 5.74) is 1.27. The molecule has 192 valence electrons. The maximum Gasteiger partial charge on any atom is 0.338 e. The summed E-state index contributed by atoms with van der Waals surface area (Å²) in [7, 11) is 0. The normalized spacial score (nSPS) is 14.6. The van der Waals surface area contributed by atoms with Gasteiger partial charge in [0.2, 0.25) is 0 Å². The number of rotatable bonds is 6. The molecule has 0 saturated heterocycles. The molecule has 2 aromatic heterocycles. The van der Waals surface area contributed by atoms with Gasteiger partial charge in [0, 0.05) is 18.7 Å². The molecule has 11 heteroatoms. The third-order valence-corrected chi connectivity index (χ3v) is 6.71. The van der Waals surface area contributed by atoms with Crippen LogP contribution in [-0.2, 0) is 19.1 Å². The van der Waals surface area contributed by atoms with Crippen molar-refractivity contribution >= 4 is 46.7 Å². The zero-order valence-corrected chi connectivity index (χ0v) is 21.9. The first-order valence-electron chi connectivity index (χ1n) is 10.9. The molecule has 0 fully saturated rings. The van der Waals surface area contributed by atoms with E-state index in [0.29, 0.717) is 31.9 Å². The molecule has 1 unspecified atom stereocenters. The Morgan fingerprint density at radius 2 is 1.95 bits per heavy atom. The number of fused-ring (bicyclic) bond motifs is 1. The van der Waals surface area contributed by atoms with Crippen LogP contribution in [0.4, 0.5) is 0 Å². The summed E-state index contributed by atoms with van der Waals surface area (Å²) in [5.74, 6) is -1.39. The first kappa shape index (κ1) is 27.5. The Morgan fingerprint density at radius 1 is 1.22 bits per heavy atom. The summed E-state index contributed by atoms with van der Waals surface area (Å²) in [6, 6.07) is 10.0. The molecule has 1 N–H and O–H groups in total. The second kappa shape index (κ2) is 12.2. The van der Waals surface area contributed by atoms with Crippen molar-refractivity contribution in [1.29, 1.82) is 0 Å². The molecule has 0 radical (unpaired) electrons. The smallest absolute Gasteiger partial charge is 0.338 e. The number of aliphatic carboxylic acids is 1. The van der Waals surface area contributed by atoms with Gasteiger partial charge in [0.15, 0.2) is 4.80 Å². The number of carboxylic acids is 1. The van der Waals surface area contributed by atoms with Crippen LogP contribution in [0.25, 0.3) is 6.08 Å². The Balaban J connectivity index is 0.000000886. The van der Waals surface area contributed by atoms with Crippen molar-refractivity contribution in [3.63, 3.8) is 0 Å². The minimum atomic E-state index is -0.833. The minimum absolute atomic E-state index is 0.0653. The molecule has 3 heterocycles. The lowest BCUT2D eigenvalue weighted by molar-refractivity contribution is -0.138. The number of allylic oxidation sites excluding steroid dienone is 1. The number of esters is 2. The fraction of sp³-hybridized carbons (Fsp3) is 0.192. The van der Waals surface area contributed by atoms with E-state index >= 15 is 0 Å². The number of carboxylic acid groups (broad SMARTS) is 1. The van der Waals surface area contributed by atoms with Crippen molar-refractivity contribution in [1.82, 2.24) is 4.57 Å². The third kappa shape index (κ3) is 6.78. The number of hydrogen-bond donors (Lipinski definition) is 1. The Hall–Kier alpha value is -4.09. The second-order valence-corrected chi connectivity index (χ2v) is 9.66. The first-order valence-corrected chi connectivity index (χ1v) is 12.6. The summed E-state index contributed by atoms with van der Waals surface area (Å²) in [4.78, 5) is 52.5.